The van der Waals surface area contributed by atoms with Crippen LogP contribution in [0.3, 0.4) is 0 Å². The van der Waals surface area contributed by atoms with Crippen molar-refractivity contribution < 1.29 is 4.58 Å². The Hall–Kier alpha value is -4.37. The molecule has 38 heavy (non-hydrogen) atoms. The second-order valence-electron chi connectivity index (χ2n) is 10.4. The standard InChI is InChI=1S/C35H36N3/c1-36(2)29-19-13-25(14-20-29)32-11-7-9-26-10-8-12-33(35(26)32)34(27-15-21-30(22-16-27)37(3)4)28-17-23-31(24-18-28)38(5)6/h7-24H,1-6H3/q+1. The van der Waals surface area contributed by atoms with E-state index in [9.17, 15) is 0 Å². The zero-order chi connectivity index (χ0) is 26.8. The third kappa shape index (κ3) is 4.92. The van der Waals surface area contributed by atoms with Gasteiger partial charge in [0.2, 0.25) is 0 Å². The van der Waals surface area contributed by atoms with Crippen LogP contribution in [-0.2, 0) is 0 Å². The van der Waals surface area contributed by atoms with Gasteiger partial charge in [-0.3, -0.25) is 0 Å². The molecular formula is C35H36N3+. The topological polar surface area (TPSA) is 9.49 Å². The Balaban J connectivity index is 1.78. The number of allylic oxidation sites excluding steroid dienone is 5. The van der Waals surface area contributed by atoms with Crippen molar-refractivity contribution in [3.63, 3.8) is 0 Å². The van der Waals surface area contributed by atoms with Crippen molar-refractivity contribution in [1.29, 1.82) is 0 Å². The number of anilines is 2. The molecule has 0 fully saturated rings. The molecule has 1 aliphatic carbocycles. The Bertz CT molecular complexity index is 1570. The SMILES string of the molecule is CN(C)c1ccc(C(=C2C=CC(=[N+](C)C)C=C2)c2cccc3cccc(-c4ccc(N(C)C)cc4)c23)cc1. The van der Waals surface area contributed by atoms with E-state index >= 15 is 0 Å². The highest BCUT2D eigenvalue weighted by molar-refractivity contribution is 6.09. The fourth-order valence-corrected chi connectivity index (χ4v) is 5.06. The Labute approximate surface area is 227 Å². The van der Waals surface area contributed by atoms with Gasteiger partial charge < -0.3 is 9.80 Å². The molecular weight excluding hydrogens is 462 g/mol. The summed E-state index contributed by atoms with van der Waals surface area (Å²) in [7, 11) is 12.5. The molecule has 4 aromatic rings. The van der Waals surface area contributed by atoms with Crippen LogP contribution >= 0.6 is 0 Å². The molecule has 0 bridgehead atoms. The van der Waals surface area contributed by atoms with Crippen LogP contribution in [-0.4, -0.2) is 52.6 Å². The van der Waals surface area contributed by atoms with Crippen molar-refractivity contribution in [2.75, 3.05) is 52.1 Å². The molecule has 0 spiro atoms. The van der Waals surface area contributed by atoms with Gasteiger partial charge >= 0.3 is 0 Å². The summed E-state index contributed by atoms with van der Waals surface area (Å²) >= 11 is 0. The van der Waals surface area contributed by atoms with Crippen molar-refractivity contribution in [2.45, 2.75) is 0 Å². The van der Waals surface area contributed by atoms with Gasteiger partial charge in [-0.1, -0.05) is 60.7 Å². The largest absolute Gasteiger partial charge is 0.378 e. The lowest BCUT2D eigenvalue weighted by Crippen LogP contribution is -2.10. The lowest BCUT2D eigenvalue weighted by atomic mass is 9.85. The summed E-state index contributed by atoms with van der Waals surface area (Å²) in [5.74, 6) is 0. The molecule has 4 aromatic carbocycles. The van der Waals surface area contributed by atoms with Crippen LogP contribution < -0.4 is 9.80 Å². The third-order valence-electron chi connectivity index (χ3n) is 7.21. The zero-order valence-electron chi connectivity index (χ0n) is 23.2. The number of hydrogen-bond donors (Lipinski definition) is 0. The summed E-state index contributed by atoms with van der Waals surface area (Å²) < 4.78 is 2.14. The number of rotatable bonds is 5. The van der Waals surface area contributed by atoms with Crippen molar-refractivity contribution in [1.82, 2.24) is 0 Å². The van der Waals surface area contributed by atoms with E-state index in [0.29, 0.717) is 0 Å². The first-order valence-electron chi connectivity index (χ1n) is 13.1. The minimum Gasteiger partial charge on any atom is -0.378 e. The van der Waals surface area contributed by atoms with Gasteiger partial charge in [-0.2, -0.15) is 0 Å². The number of nitrogens with zero attached hydrogens (tertiary/aromatic N) is 3. The van der Waals surface area contributed by atoms with Gasteiger partial charge in [-0.15, -0.1) is 0 Å². The molecule has 0 saturated heterocycles. The maximum atomic E-state index is 2.27. The summed E-state index contributed by atoms with van der Waals surface area (Å²) in [5.41, 5.74) is 10.9. The van der Waals surface area contributed by atoms with Gasteiger partial charge in [-0.05, 0) is 80.6 Å². The molecule has 0 aliphatic heterocycles. The molecule has 0 atom stereocenters. The van der Waals surface area contributed by atoms with Gasteiger partial charge in [0.05, 0.1) is 0 Å². The van der Waals surface area contributed by atoms with Crippen LogP contribution in [0, 0.1) is 0 Å². The lowest BCUT2D eigenvalue weighted by molar-refractivity contribution is -0.462. The third-order valence-corrected chi connectivity index (χ3v) is 7.21. The van der Waals surface area contributed by atoms with Gasteiger partial charge in [-0.25, -0.2) is 4.58 Å². The average Bonchev–Trinajstić information content (AvgIpc) is 2.93. The van der Waals surface area contributed by atoms with Crippen LogP contribution in [0.4, 0.5) is 11.4 Å². The molecule has 1 aliphatic rings. The van der Waals surface area contributed by atoms with Gasteiger partial charge in [0.25, 0.3) is 0 Å². The minimum atomic E-state index is 1.19. The fraction of sp³-hybridized carbons (Fsp3) is 0.171. The predicted octanol–water partition coefficient (Wildman–Crippen LogP) is 7.28. The Morgan fingerprint density at radius 2 is 1.16 bits per heavy atom. The van der Waals surface area contributed by atoms with Crippen molar-refractivity contribution in [3.05, 3.63) is 126 Å². The quantitative estimate of drug-likeness (QED) is 0.268. The average molecular weight is 499 g/mol. The summed E-state index contributed by atoms with van der Waals surface area (Å²) in [6, 6.07) is 31.1. The van der Waals surface area contributed by atoms with Crippen LogP contribution in [0.5, 0.6) is 0 Å². The second kappa shape index (κ2) is 10.5. The Morgan fingerprint density at radius 3 is 1.71 bits per heavy atom. The molecule has 3 nitrogen and oxygen atoms in total. The van der Waals surface area contributed by atoms with Crippen LogP contribution in [0.1, 0.15) is 11.1 Å². The van der Waals surface area contributed by atoms with E-state index in [1.54, 1.807) is 0 Å². The summed E-state index contributed by atoms with van der Waals surface area (Å²) in [6.07, 6.45) is 8.90. The predicted molar refractivity (Wildman–Crippen MR) is 166 cm³/mol. The van der Waals surface area contributed by atoms with E-state index < -0.39 is 0 Å². The molecule has 0 heterocycles. The monoisotopic (exact) mass is 498 g/mol. The highest BCUT2D eigenvalue weighted by Crippen LogP contribution is 2.39. The summed E-state index contributed by atoms with van der Waals surface area (Å²) in [6.45, 7) is 0. The first kappa shape index (κ1) is 25.3. The highest BCUT2D eigenvalue weighted by atomic mass is 15.1. The molecule has 190 valence electrons. The highest BCUT2D eigenvalue weighted by Gasteiger charge is 2.18. The van der Waals surface area contributed by atoms with Crippen molar-refractivity contribution in [3.8, 4) is 11.1 Å². The van der Waals surface area contributed by atoms with Crippen molar-refractivity contribution in [2.24, 2.45) is 0 Å². The molecule has 0 saturated carbocycles. The van der Waals surface area contributed by atoms with E-state index in [2.05, 4.69) is 166 Å². The molecule has 0 N–H and O–H groups in total. The van der Waals surface area contributed by atoms with Crippen LogP contribution in [0.25, 0.3) is 27.5 Å². The smallest absolute Gasteiger partial charge is 0.199 e. The first-order chi connectivity index (χ1) is 18.3. The number of fused-ring (bicyclic) bond motifs is 1. The van der Waals surface area contributed by atoms with Gasteiger partial charge in [0.1, 0.15) is 14.1 Å². The molecule has 0 unspecified atom stereocenters. The van der Waals surface area contributed by atoms with E-state index in [-0.39, 0.29) is 0 Å². The van der Waals surface area contributed by atoms with Crippen LogP contribution in [0.15, 0.2) is 115 Å². The summed E-state index contributed by atoms with van der Waals surface area (Å²) in [5, 5.41) is 2.51. The van der Waals surface area contributed by atoms with E-state index in [1.807, 2.05) is 0 Å². The Kier molecular flexibility index (Phi) is 7.02. The Morgan fingerprint density at radius 1 is 0.605 bits per heavy atom. The molecule has 0 aromatic heterocycles. The molecule has 5 rings (SSSR count). The van der Waals surface area contributed by atoms with Crippen molar-refractivity contribution >= 4 is 33.4 Å². The van der Waals surface area contributed by atoms with Gasteiger partial charge in [0, 0.05) is 51.7 Å². The lowest BCUT2D eigenvalue weighted by Gasteiger charge is -2.20. The minimum absolute atomic E-state index is 1.19. The first-order valence-corrected chi connectivity index (χ1v) is 13.1. The number of benzene rings is 4. The van der Waals surface area contributed by atoms with Gasteiger partial charge in [0.15, 0.2) is 5.71 Å². The van der Waals surface area contributed by atoms with E-state index in [1.165, 1.54) is 61.3 Å². The molecule has 0 radical (unpaired) electrons. The fourth-order valence-electron chi connectivity index (χ4n) is 5.06. The molecule has 0 amide bonds. The maximum Gasteiger partial charge on any atom is 0.199 e. The zero-order valence-corrected chi connectivity index (χ0v) is 23.2. The summed E-state index contributed by atoms with van der Waals surface area (Å²) in [4.78, 5) is 4.28. The second-order valence-corrected chi connectivity index (χ2v) is 10.4. The normalized spacial score (nSPS) is 12.7. The van der Waals surface area contributed by atoms with E-state index in [0.717, 1.165) is 0 Å². The number of hydrogen-bond acceptors (Lipinski definition) is 2. The molecule has 3 heteroatoms. The van der Waals surface area contributed by atoms with Crippen LogP contribution in [0.2, 0.25) is 0 Å². The van der Waals surface area contributed by atoms with E-state index in [4.69, 9.17) is 0 Å². The maximum absolute atomic E-state index is 2.27.